The molecule has 1 unspecified atom stereocenters. The Labute approximate surface area is 110 Å². The lowest BCUT2D eigenvalue weighted by molar-refractivity contribution is 0.0979. The van der Waals surface area contributed by atoms with E-state index < -0.39 is 5.92 Å². The molecule has 0 aliphatic rings. The van der Waals surface area contributed by atoms with E-state index in [0.29, 0.717) is 16.1 Å². The molecule has 2 rings (SSSR count). The van der Waals surface area contributed by atoms with Gasteiger partial charge in [-0.3, -0.25) is 4.79 Å². The van der Waals surface area contributed by atoms with Gasteiger partial charge in [-0.2, -0.15) is 5.26 Å². The van der Waals surface area contributed by atoms with Crippen LogP contribution >= 0.6 is 11.6 Å². The molecule has 0 saturated heterocycles. The molecule has 0 heterocycles. The molecule has 0 N–H and O–H groups in total. The van der Waals surface area contributed by atoms with Gasteiger partial charge >= 0.3 is 0 Å². The van der Waals surface area contributed by atoms with Crippen molar-refractivity contribution in [3.05, 3.63) is 70.7 Å². The largest absolute Gasteiger partial charge is 0.292 e. The molecule has 0 bridgehead atoms. The monoisotopic (exact) mass is 255 g/mol. The third kappa shape index (κ3) is 2.58. The van der Waals surface area contributed by atoms with Crippen LogP contribution in [0.3, 0.4) is 0 Å². The molecule has 88 valence electrons. The number of hydrogen-bond acceptors (Lipinski definition) is 2. The summed E-state index contributed by atoms with van der Waals surface area (Å²) in [5.74, 6) is -0.981. The minimum absolute atomic E-state index is 0.194. The van der Waals surface area contributed by atoms with Crippen molar-refractivity contribution in [2.45, 2.75) is 5.92 Å². The van der Waals surface area contributed by atoms with E-state index in [0.717, 1.165) is 0 Å². The summed E-state index contributed by atoms with van der Waals surface area (Å²) in [5, 5.41) is 9.76. The number of carbonyl (C=O) groups excluding carboxylic acids is 1. The fourth-order valence-electron chi connectivity index (χ4n) is 1.71. The SMILES string of the molecule is N#CC(C(=O)c1ccccc1)c1ccc(Cl)cc1. The van der Waals surface area contributed by atoms with E-state index in [-0.39, 0.29) is 5.78 Å². The maximum absolute atomic E-state index is 12.2. The van der Waals surface area contributed by atoms with Gasteiger partial charge in [0.25, 0.3) is 0 Å². The second-order valence-corrected chi connectivity index (χ2v) is 4.28. The molecular weight excluding hydrogens is 246 g/mol. The first kappa shape index (κ1) is 12.3. The van der Waals surface area contributed by atoms with Crippen LogP contribution in [0.15, 0.2) is 54.6 Å². The number of ketones is 1. The van der Waals surface area contributed by atoms with E-state index >= 15 is 0 Å². The molecule has 0 aliphatic carbocycles. The lowest BCUT2D eigenvalue weighted by Gasteiger charge is -2.08. The predicted octanol–water partition coefficient (Wildman–Crippen LogP) is 3.83. The summed E-state index contributed by atoms with van der Waals surface area (Å²) < 4.78 is 0. The van der Waals surface area contributed by atoms with Crippen LogP contribution in [-0.4, -0.2) is 5.78 Å². The van der Waals surface area contributed by atoms with Gasteiger partial charge in [0.05, 0.1) is 6.07 Å². The summed E-state index contributed by atoms with van der Waals surface area (Å²) in [7, 11) is 0. The van der Waals surface area contributed by atoms with Crippen molar-refractivity contribution in [2.75, 3.05) is 0 Å². The third-order valence-electron chi connectivity index (χ3n) is 2.65. The van der Waals surface area contributed by atoms with Crippen molar-refractivity contribution in [3.8, 4) is 6.07 Å². The highest BCUT2D eigenvalue weighted by molar-refractivity contribution is 6.30. The zero-order valence-corrected chi connectivity index (χ0v) is 10.3. The second-order valence-electron chi connectivity index (χ2n) is 3.84. The van der Waals surface area contributed by atoms with Gasteiger partial charge in [0, 0.05) is 10.6 Å². The smallest absolute Gasteiger partial charge is 0.184 e. The number of halogens is 1. The number of rotatable bonds is 3. The zero-order chi connectivity index (χ0) is 13.0. The van der Waals surface area contributed by atoms with E-state index in [2.05, 4.69) is 0 Å². The Hall–Kier alpha value is -2.11. The molecule has 0 radical (unpaired) electrons. The van der Waals surface area contributed by atoms with Gasteiger partial charge in [0.2, 0.25) is 0 Å². The van der Waals surface area contributed by atoms with Crippen molar-refractivity contribution in [1.82, 2.24) is 0 Å². The molecule has 2 aromatic carbocycles. The molecule has 0 aromatic heterocycles. The lowest BCUT2D eigenvalue weighted by atomic mass is 9.92. The number of benzene rings is 2. The van der Waals surface area contributed by atoms with Crippen LogP contribution in [0.5, 0.6) is 0 Å². The zero-order valence-electron chi connectivity index (χ0n) is 9.51. The Morgan fingerprint density at radius 1 is 1.06 bits per heavy atom. The van der Waals surface area contributed by atoms with Gasteiger partial charge < -0.3 is 0 Å². The molecule has 1 atom stereocenters. The van der Waals surface area contributed by atoms with Gasteiger partial charge in [0.15, 0.2) is 5.78 Å². The van der Waals surface area contributed by atoms with E-state index in [9.17, 15) is 10.1 Å². The highest BCUT2D eigenvalue weighted by Gasteiger charge is 2.21. The molecular formula is C15H10ClNO. The molecule has 18 heavy (non-hydrogen) atoms. The van der Waals surface area contributed by atoms with Crippen LogP contribution in [0.25, 0.3) is 0 Å². The van der Waals surface area contributed by atoms with Crippen molar-refractivity contribution in [3.63, 3.8) is 0 Å². The van der Waals surface area contributed by atoms with E-state index in [1.807, 2.05) is 12.1 Å². The quantitative estimate of drug-likeness (QED) is 0.782. The molecule has 0 fully saturated rings. The van der Waals surface area contributed by atoms with Crippen LogP contribution in [-0.2, 0) is 0 Å². The normalized spacial score (nSPS) is 11.6. The summed E-state index contributed by atoms with van der Waals surface area (Å²) in [6, 6.07) is 17.6. The number of hydrogen-bond donors (Lipinski definition) is 0. The molecule has 0 saturated carbocycles. The topological polar surface area (TPSA) is 40.9 Å². The van der Waals surface area contributed by atoms with Gasteiger partial charge in [-0.05, 0) is 17.7 Å². The number of nitriles is 1. The highest BCUT2D eigenvalue weighted by Crippen LogP contribution is 2.22. The predicted molar refractivity (Wildman–Crippen MR) is 70.6 cm³/mol. The number of carbonyl (C=O) groups is 1. The first-order valence-corrected chi connectivity index (χ1v) is 5.84. The Morgan fingerprint density at radius 2 is 1.67 bits per heavy atom. The van der Waals surface area contributed by atoms with Crippen LogP contribution in [0.1, 0.15) is 21.8 Å². The Balaban J connectivity index is 2.33. The van der Waals surface area contributed by atoms with Crippen LogP contribution in [0, 0.1) is 11.3 Å². The highest BCUT2D eigenvalue weighted by atomic mass is 35.5. The van der Waals surface area contributed by atoms with Crippen molar-refractivity contribution >= 4 is 17.4 Å². The first-order chi connectivity index (χ1) is 8.72. The van der Waals surface area contributed by atoms with Crippen LogP contribution < -0.4 is 0 Å². The van der Waals surface area contributed by atoms with Crippen LogP contribution in [0.2, 0.25) is 5.02 Å². The number of Topliss-reactive ketones (excluding diaryl/α,β-unsaturated/α-hetero) is 1. The fraction of sp³-hybridized carbons (Fsp3) is 0.0667. The number of nitrogens with zero attached hydrogens (tertiary/aromatic N) is 1. The second kappa shape index (κ2) is 5.48. The van der Waals surface area contributed by atoms with Gasteiger partial charge in [-0.25, -0.2) is 0 Å². The molecule has 0 spiro atoms. The van der Waals surface area contributed by atoms with Gasteiger partial charge in [0.1, 0.15) is 5.92 Å². The van der Waals surface area contributed by atoms with E-state index in [1.54, 1.807) is 48.5 Å². The molecule has 2 nitrogen and oxygen atoms in total. The Bertz CT molecular complexity index is 584. The van der Waals surface area contributed by atoms with Gasteiger partial charge in [-0.1, -0.05) is 54.1 Å². The Morgan fingerprint density at radius 3 is 2.22 bits per heavy atom. The summed E-state index contributed by atoms with van der Waals surface area (Å²) in [6.45, 7) is 0. The first-order valence-electron chi connectivity index (χ1n) is 5.46. The summed E-state index contributed by atoms with van der Waals surface area (Å²) in [4.78, 5) is 12.2. The molecule has 0 amide bonds. The summed E-state index contributed by atoms with van der Waals surface area (Å²) in [5.41, 5.74) is 1.20. The van der Waals surface area contributed by atoms with E-state index in [1.165, 1.54) is 0 Å². The summed E-state index contributed by atoms with van der Waals surface area (Å²) >= 11 is 5.79. The van der Waals surface area contributed by atoms with Crippen molar-refractivity contribution in [1.29, 1.82) is 5.26 Å². The molecule has 2 aromatic rings. The minimum atomic E-state index is -0.787. The standard InChI is InChI=1S/C15H10ClNO/c16-13-8-6-11(7-9-13)14(10-17)15(18)12-4-2-1-3-5-12/h1-9,14H. The minimum Gasteiger partial charge on any atom is -0.292 e. The van der Waals surface area contributed by atoms with Crippen LogP contribution in [0.4, 0.5) is 0 Å². The lowest BCUT2D eigenvalue weighted by Crippen LogP contribution is -2.10. The molecule has 3 heteroatoms. The third-order valence-corrected chi connectivity index (χ3v) is 2.90. The molecule has 0 aliphatic heterocycles. The van der Waals surface area contributed by atoms with Crippen molar-refractivity contribution in [2.24, 2.45) is 0 Å². The van der Waals surface area contributed by atoms with E-state index in [4.69, 9.17) is 11.6 Å². The Kier molecular flexibility index (Phi) is 3.76. The summed E-state index contributed by atoms with van der Waals surface area (Å²) in [6.07, 6.45) is 0. The van der Waals surface area contributed by atoms with Crippen molar-refractivity contribution < 1.29 is 4.79 Å². The average molecular weight is 256 g/mol. The average Bonchev–Trinajstić information content (AvgIpc) is 2.42. The maximum atomic E-state index is 12.2. The maximum Gasteiger partial charge on any atom is 0.184 e. The fourth-order valence-corrected chi connectivity index (χ4v) is 1.83. The van der Waals surface area contributed by atoms with Gasteiger partial charge in [-0.15, -0.1) is 0 Å².